The third-order valence-electron chi connectivity index (χ3n) is 6.27. The van der Waals surface area contributed by atoms with E-state index in [0.717, 1.165) is 32.4 Å². The Balaban J connectivity index is 1.46. The molecule has 3 fully saturated rings. The highest BCUT2D eigenvalue weighted by atomic mass is 16.6. The minimum Gasteiger partial charge on any atom is -0.441 e. The van der Waals surface area contributed by atoms with Crippen LogP contribution in [0.5, 0.6) is 0 Å². The number of carbonyl (C=O) groups excluding carboxylic acids is 2. The Bertz CT molecular complexity index is 543. The number of rotatable bonds is 7. The minimum absolute atomic E-state index is 0.164. The summed E-state index contributed by atoms with van der Waals surface area (Å²) in [7, 11) is 3.72. The molecule has 2 heterocycles. The van der Waals surface area contributed by atoms with E-state index in [4.69, 9.17) is 9.47 Å². The fourth-order valence-corrected chi connectivity index (χ4v) is 4.02. The predicted octanol–water partition coefficient (Wildman–Crippen LogP) is 1.42. The van der Waals surface area contributed by atoms with E-state index >= 15 is 0 Å². The molecule has 1 saturated carbocycles. The van der Waals surface area contributed by atoms with Gasteiger partial charge in [0.1, 0.15) is 5.60 Å². The normalized spacial score (nSPS) is 26.5. The lowest BCUT2D eigenvalue weighted by Gasteiger charge is -2.37. The van der Waals surface area contributed by atoms with Crippen LogP contribution in [0.2, 0.25) is 0 Å². The van der Waals surface area contributed by atoms with E-state index in [1.165, 1.54) is 0 Å². The molecule has 0 N–H and O–H groups in total. The molecular weight excluding hydrogens is 334 g/mol. The van der Waals surface area contributed by atoms with Gasteiger partial charge in [-0.15, -0.1) is 0 Å². The lowest BCUT2D eigenvalue weighted by molar-refractivity contribution is -0.136. The summed E-state index contributed by atoms with van der Waals surface area (Å²) in [6.45, 7) is 9.34. The molecular formula is C19H33N3O4. The van der Waals surface area contributed by atoms with Gasteiger partial charge in [0.25, 0.3) is 0 Å². The van der Waals surface area contributed by atoms with E-state index in [0.29, 0.717) is 32.8 Å². The highest BCUT2D eigenvalue weighted by molar-refractivity contribution is 5.82. The van der Waals surface area contributed by atoms with E-state index in [-0.39, 0.29) is 23.3 Å². The second kappa shape index (κ2) is 7.35. The van der Waals surface area contributed by atoms with E-state index < -0.39 is 5.60 Å². The summed E-state index contributed by atoms with van der Waals surface area (Å²) in [5.41, 5.74) is -0.240. The van der Waals surface area contributed by atoms with Gasteiger partial charge >= 0.3 is 6.09 Å². The van der Waals surface area contributed by atoms with Crippen LogP contribution in [0.4, 0.5) is 4.79 Å². The third-order valence-corrected chi connectivity index (χ3v) is 6.27. The van der Waals surface area contributed by atoms with Crippen LogP contribution in [0.1, 0.15) is 33.1 Å². The molecule has 7 heteroatoms. The Morgan fingerprint density at radius 3 is 2.54 bits per heavy atom. The van der Waals surface area contributed by atoms with Crippen molar-refractivity contribution in [3.05, 3.63) is 0 Å². The summed E-state index contributed by atoms with van der Waals surface area (Å²) in [5, 5.41) is 0. The molecule has 1 spiro atoms. The lowest BCUT2D eigenvalue weighted by Crippen LogP contribution is -2.49. The first kappa shape index (κ1) is 19.4. The summed E-state index contributed by atoms with van der Waals surface area (Å²) >= 11 is 0. The van der Waals surface area contributed by atoms with Gasteiger partial charge in [0, 0.05) is 58.6 Å². The van der Waals surface area contributed by atoms with Gasteiger partial charge in [-0.3, -0.25) is 4.79 Å². The minimum atomic E-state index is -0.405. The Morgan fingerprint density at radius 1 is 1.31 bits per heavy atom. The molecule has 0 unspecified atom stereocenters. The van der Waals surface area contributed by atoms with Crippen LogP contribution in [0.15, 0.2) is 0 Å². The summed E-state index contributed by atoms with van der Waals surface area (Å²) < 4.78 is 10.8. The number of hydrogen-bond donors (Lipinski definition) is 0. The van der Waals surface area contributed by atoms with Gasteiger partial charge in [0.05, 0.1) is 13.2 Å². The zero-order valence-corrected chi connectivity index (χ0v) is 16.6. The van der Waals surface area contributed by atoms with Crippen molar-refractivity contribution in [1.29, 1.82) is 0 Å². The first-order valence-corrected chi connectivity index (χ1v) is 9.71. The topological polar surface area (TPSA) is 62.3 Å². The van der Waals surface area contributed by atoms with E-state index in [1.54, 1.807) is 7.11 Å². The van der Waals surface area contributed by atoms with Crippen LogP contribution in [0.3, 0.4) is 0 Å². The Morgan fingerprint density at radius 2 is 1.96 bits per heavy atom. The molecule has 0 aromatic heterocycles. The second-order valence-electron chi connectivity index (χ2n) is 8.84. The molecule has 0 aromatic rings. The zero-order chi connectivity index (χ0) is 18.9. The molecule has 2 saturated heterocycles. The lowest BCUT2D eigenvalue weighted by atomic mass is 9.91. The second-order valence-corrected chi connectivity index (χ2v) is 8.84. The molecule has 2 amide bonds. The molecule has 7 nitrogen and oxygen atoms in total. The van der Waals surface area contributed by atoms with Gasteiger partial charge in [-0.1, -0.05) is 13.8 Å². The number of carbonyl (C=O) groups is 2. The van der Waals surface area contributed by atoms with Crippen LogP contribution < -0.4 is 0 Å². The number of ether oxygens (including phenoxy) is 2. The van der Waals surface area contributed by atoms with Crippen molar-refractivity contribution in [2.45, 2.75) is 38.7 Å². The van der Waals surface area contributed by atoms with E-state index in [9.17, 15) is 9.59 Å². The molecule has 26 heavy (non-hydrogen) atoms. The monoisotopic (exact) mass is 367 g/mol. The number of likely N-dealkylation sites (N-methyl/N-ethyl adjacent to an activating group) is 1. The Hall–Kier alpha value is -1.34. The molecule has 0 bridgehead atoms. The van der Waals surface area contributed by atoms with Crippen LogP contribution in [0, 0.1) is 11.3 Å². The highest BCUT2D eigenvalue weighted by Crippen LogP contribution is 2.52. The zero-order valence-electron chi connectivity index (χ0n) is 16.6. The van der Waals surface area contributed by atoms with Crippen molar-refractivity contribution in [1.82, 2.24) is 14.7 Å². The van der Waals surface area contributed by atoms with Crippen LogP contribution in [-0.4, -0.2) is 92.3 Å². The summed E-state index contributed by atoms with van der Waals surface area (Å²) in [4.78, 5) is 30.8. The van der Waals surface area contributed by atoms with Crippen molar-refractivity contribution in [2.75, 3.05) is 60.0 Å². The predicted molar refractivity (Wildman–Crippen MR) is 97.9 cm³/mol. The average molecular weight is 367 g/mol. The van der Waals surface area contributed by atoms with Gasteiger partial charge in [0.2, 0.25) is 5.91 Å². The number of nitrogens with zero attached hydrogens (tertiary/aromatic N) is 3. The van der Waals surface area contributed by atoms with E-state index in [2.05, 4.69) is 18.7 Å². The van der Waals surface area contributed by atoms with E-state index in [1.807, 2.05) is 16.8 Å². The first-order valence-electron chi connectivity index (χ1n) is 9.71. The van der Waals surface area contributed by atoms with Gasteiger partial charge in [0.15, 0.2) is 0 Å². The van der Waals surface area contributed by atoms with Crippen LogP contribution in [-0.2, 0) is 14.3 Å². The molecule has 148 valence electrons. The summed E-state index contributed by atoms with van der Waals surface area (Å²) in [5.74, 6) is 0.465. The van der Waals surface area contributed by atoms with Crippen molar-refractivity contribution >= 4 is 12.0 Å². The largest absolute Gasteiger partial charge is 0.441 e. The van der Waals surface area contributed by atoms with Gasteiger partial charge < -0.3 is 24.2 Å². The number of amides is 2. The number of likely N-dealkylation sites (tertiary alicyclic amines) is 1. The molecule has 0 radical (unpaired) electrons. The Labute approximate surface area is 156 Å². The molecule has 2 aliphatic heterocycles. The Kier molecular flexibility index (Phi) is 5.49. The number of piperidine rings is 1. The molecule has 3 aliphatic rings. The van der Waals surface area contributed by atoms with Crippen molar-refractivity contribution in [3.63, 3.8) is 0 Å². The maximum atomic E-state index is 12.6. The van der Waals surface area contributed by atoms with Gasteiger partial charge in [-0.2, -0.15) is 0 Å². The molecule has 1 aliphatic carbocycles. The van der Waals surface area contributed by atoms with Gasteiger partial charge in [-0.05, 0) is 18.9 Å². The SMILES string of the molecule is COCCN(C)CCN1CC2(CCN(C(=O)[C@@H]3CC3(C)C)CC2)OC1=O. The smallest absolute Gasteiger partial charge is 0.410 e. The molecule has 1 atom stereocenters. The third kappa shape index (κ3) is 4.14. The quantitative estimate of drug-likeness (QED) is 0.681. The highest BCUT2D eigenvalue weighted by Gasteiger charge is 2.54. The van der Waals surface area contributed by atoms with Crippen molar-refractivity contribution in [2.24, 2.45) is 11.3 Å². The fraction of sp³-hybridized carbons (Fsp3) is 0.895. The van der Waals surface area contributed by atoms with Crippen LogP contribution >= 0.6 is 0 Å². The standard InChI is InChI=1S/C19H33N3O4/c1-18(2)13-15(18)16(23)21-7-5-19(6-8-21)14-22(17(24)26-19)10-9-20(3)11-12-25-4/h15H,5-14H2,1-4H3/t15-/m0/s1. The molecule has 3 rings (SSSR count). The van der Waals surface area contributed by atoms with Crippen molar-refractivity contribution in [3.8, 4) is 0 Å². The first-order chi connectivity index (χ1) is 12.3. The average Bonchev–Trinajstić information content (AvgIpc) is 3.13. The van der Waals surface area contributed by atoms with Crippen molar-refractivity contribution < 1.29 is 19.1 Å². The number of hydrogen-bond acceptors (Lipinski definition) is 5. The molecule has 0 aromatic carbocycles. The number of methoxy groups -OCH3 is 1. The summed E-state index contributed by atoms with van der Waals surface area (Å²) in [6, 6.07) is 0. The van der Waals surface area contributed by atoms with Gasteiger partial charge in [-0.25, -0.2) is 4.79 Å². The maximum absolute atomic E-state index is 12.6. The fourth-order valence-electron chi connectivity index (χ4n) is 4.02. The maximum Gasteiger partial charge on any atom is 0.410 e. The van der Waals surface area contributed by atoms with Crippen LogP contribution in [0.25, 0.3) is 0 Å². The summed E-state index contributed by atoms with van der Waals surface area (Å²) in [6.07, 6.45) is 2.27.